The number of likely N-dealkylation sites (tertiary alicyclic amines) is 1. The third-order valence-electron chi connectivity index (χ3n) is 4.82. The number of pyridine rings is 1. The maximum absolute atomic E-state index is 12.8. The van der Waals surface area contributed by atoms with Gasteiger partial charge in [0.05, 0.1) is 14.2 Å². The first-order valence-corrected chi connectivity index (χ1v) is 9.41. The maximum Gasteiger partial charge on any atom is 0.254 e. The first-order chi connectivity index (χ1) is 13.2. The number of amides is 1. The number of carbonyl (C=O) groups is 1. The minimum atomic E-state index is 0.0912. The van der Waals surface area contributed by atoms with Crippen molar-refractivity contribution in [2.24, 2.45) is 0 Å². The van der Waals surface area contributed by atoms with E-state index in [-0.39, 0.29) is 5.91 Å². The molecule has 2 aromatic rings. The number of hydrogen-bond donors (Lipinski definition) is 1. The van der Waals surface area contributed by atoms with Crippen LogP contribution in [0.5, 0.6) is 11.5 Å². The van der Waals surface area contributed by atoms with Crippen LogP contribution < -0.4 is 14.8 Å². The number of benzene rings is 1. The number of carbonyl (C=O) groups excluding carboxylic acids is 1. The van der Waals surface area contributed by atoms with E-state index < -0.39 is 0 Å². The maximum atomic E-state index is 12.8. The molecular formula is C21H27N3O3. The Kier molecular flexibility index (Phi) is 6.52. The molecule has 1 saturated heterocycles. The van der Waals surface area contributed by atoms with Crippen molar-refractivity contribution in [3.8, 4) is 11.5 Å². The second-order valence-electron chi connectivity index (χ2n) is 6.68. The number of rotatable bonds is 6. The molecule has 6 heteroatoms. The van der Waals surface area contributed by atoms with E-state index in [1.54, 1.807) is 26.5 Å². The lowest BCUT2D eigenvalue weighted by atomic mass is 10.2. The van der Waals surface area contributed by atoms with Gasteiger partial charge in [0.25, 0.3) is 5.91 Å². The molecule has 3 rings (SSSR count). The van der Waals surface area contributed by atoms with Gasteiger partial charge in [0.1, 0.15) is 5.82 Å². The SMILES string of the molecule is COc1ccc(CNc2cc(C(=O)N3CCCCCC3)ccn2)cc1OC. The van der Waals surface area contributed by atoms with Crippen molar-refractivity contribution in [2.45, 2.75) is 32.2 Å². The number of ether oxygens (including phenoxy) is 2. The van der Waals surface area contributed by atoms with Gasteiger partial charge in [-0.25, -0.2) is 4.98 Å². The van der Waals surface area contributed by atoms with Crippen LogP contribution in [0.25, 0.3) is 0 Å². The van der Waals surface area contributed by atoms with Crippen LogP contribution in [-0.4, -0.2) is 43.1 Å². The third-order valence-corrected chi connectivity index (χ3v) is 4.82. The predicted octanol–water partition coefficient (Wildman–Crippen LogP) is 3.73. The lowest BCUT2D eigenvalue weighted by Crippen LogP contribution is -2.31. The van der Waals surface area contributed by atoms with Crippen molar-refractivity contribution in [3.63, 3.8) is 0 Å². The number of aromatic nitrogens is 1. The van der Waals surface area contributed by atoms with Crippen molar-refractivity contribution in [1.82, 2.24) is 9.88 Å². The van der Waals surface area contributed by atoms with Crippen LogP contribution in [0.4, 0.5) is 5.82 Å². The normalized spacial score (nSPS) is 14.4. The van der Waals surface area contributed by atoms with Gasteiger partial charge in [-0.3, -0.25) is 4.79 Å². The standard InChI is InChI=1S/C21H27N3O3/c1-26-18-8-7-16(13-19(18)27-2)15-23-20-14-17(9-10-22-20)21(25)24-11-5-3-4-6-12-24/h7-10,13-14H,3-6,11-12,15H2,1-2H3,(H,22,23). The fourth-order valence-corrected chi connectivity index (χ4v) is 3.30. The number of hydrogen-bond acceptors (Lipinski definition) is 5. The van der Waals surface area contributed by atoms with E-state index in [9.17, 15) is 4.79 Å². The summed E-state index contributed by atoms with van der Waals surface area (Å²) < 4.78 is 10.6. The van der Waals surface area contributed by atoms with E-state index in [0.717, 1.165) is 31.5 Å². The number of methoxy groups -OCH3 is 2. The Balaban J connectivity index is 1.66. The molecule has 0 spiro atoms. The Morgan fingerprint density at radius 2 is 1.78 bits per heavy atom. The molecule has 6 nitrogen and oxygen atoms in total. The first kappa shape index (κ1) is 19.0. The van der Waals surface area contributed by atoms with Crippen LogP contribution in [0, 0.1) is 0 Å². The zero-order valence-corrected chi connectivity index (χ0v) is 16.0. The average Bonchev–Trinajstić information content (AvgIpc) is 3.01. The van der Waals surface area contributed by atoms with Crippen molar-refractivity contribution >= 4 is 11.7 Å². The summed E-state index contributed by atoms with van der Waals surface area (Å²) in [7, 11) is 3.24. The molecule has 0 saturated carbocycles. The van der Waals surface area contributed by atoms with Gasteiger partial charge < -0.3 is 19.7 Å². The minimum absolute atomic E-state index is 0.0912. The molecule has 1 aromatic carbocycles. The second kappa shape index (κ2) is 9.26. The van der Waals surface area contributed by atoms with Gasteiger partial charge in [-0.2, -0.15) is 0 Å². The Morgan fingerprint density at radius 3 is 2.48 bits per heavy atom. The molecule has 0 aliphatic carbocycles. The van der Waals surface area contributed by atoms with E-state index in [1.807, 2.05) is 29.2 Å². The highest BCUT2D eigenvalue weighted by Gasteiger charge is 2.17. The molecule has 0 unspecified atom stereocenters. The summed E-state index contributed by atoms with van der Waals surface area (Å²) in [5.74, 6) is 2.16. The van der Waals surface area contributed by atoms with Crippen LogP contribution in [0.1, 0.15) is 41.6 Å². The molecule has 27 heavy (non-hydrogen) atoms. The largest absolute Gasteiger partial charge is 0.493 e. The molecule has 1 aliphatic rings. The first-order valence-electron chi connectivity index (χ1n) is 9.41. The predicted molar refractivity (Wildman–Crippen MR) is 105 cm³/mol. The zero-order chi connectivity index (χ0) is 19.1. The van der Waals surface area contributed by atoms with Crippen LogP contribution in [0.15, 0.2) is 36.5 Å². The monoisotopic (exact) mass is 369 g/mol. The van der Waals surface area contributed by atoms with Crippen LogP contribution in [0.3, 0.4) is 0 Å². The number of anilines is 1. The smallest absolute Gasteiger partial charge is 0.254 e. The Labute approximate surface area is 160 Å². The summed E-state index contributed by atoms with van der Waals surface area (Å²) in [5, 5.41) is 3.28. The molecule has 2 heterocycles. The van der Waals surface area contributed by atoms with Crippen molar-refractivity contribution in [1.29, 1.82) is 0 Å². The molecule has 1 aromatic heterocycles. The fraction of sp³-hybridized carbons (Fsp3) is 0.429. The van der Waals surface area contributed by atoms with Crippen LogP contribution in [-0.2, 0) is 6.54 Å². The van der Waals surface area contributed by atoms with Gasteiger partial charge in [0.15, 0.2) is 11.5 Å². The highest BCUT2D eigenvalue weighted by molar-refractivity contribution is 5.94. The highest BCUT2D eigenvalue weighted by Crippen LogP contribution is 2.27. The van der Waals surface area contributed by atoms with Gasteiger partial charge in [-0.15, -0.1) is 0 Å². The molecule has 1 amide bonds. The van der Waals surface area contributed by atoms with Gasteiger partial charge in [0.2, 0.25) is 0 Å². The zero-order valence-electron chi connectivity index (χ0n) is 16.0. The minimum Gasteiger partial charge on any atom is -0.493 e. The average molecular weight is 369 g/mol. The quantitative estimate of drug-likeness (QED) is 0.841. The van der Waals surface area contributed by atoms with Crippen molar-refractivity contribution < 1.29 is 14.3 Å². The number of nitrogens with one attached hydrogen (secondary N) is 1. The summed E-state index contributed by atoms with van der Waals surface area (Å²) in [4.78, 5) is 19.1. The Bertz CT molecular complexity index is 771. The van der Waals surface area contributed by atoms with E-state index in [2.05, 4.69) is 10.3 Å². The summed E-state index contributed by atoms with van der Waals surface area (Å²) in [6.07, 6.45) is 6.26. The van der Waals surface area contributed by atoms with Gasteiger partial charge >= 0.3 is 0 Å². The molecule has 1 N–H and O–H groups in total. The molecular weight excluding hydrogens is 342 g/mol. The third kappa shape index (κ3) is 4.90. The van der Waals surface area contributed by atoms with E-state index in [1.165, 1.54) is 12.8 Å². The Morgan fingerprint density at radius 1 is 1.04 bits per heavy atom. The van der Waals surface area contributed by atoms with Crippen molar-refractivity contribution in [2.75, 3.05) is 32.6 Å². The molecule has 144 valence electrons. The molecule has 1 aliphatic heterocycles. The highest BCUT2D eigenvalue weighted by atomic mass is 16.5. The van der Waals surface area contributed by atoms with E-state index in [4.69, 9.17) is 9.47 Å². The van der Waals surface area contributed by atoms with Crippen LogP contribution >= 0.6 is 0 Å². The Hall–Kier alpha value is -2.76. The summed E-state index contributed by atoms with van der Waals surface area (Å²) in [6.45, 7) is 2.26. The van der Waals surface area contributed by atoms with Crippen molar-refractivity contribution in [3.05, 3.63) is 47.7 Å². The fourth-order valence-electron chi connectivity index (χ4n) is 3.30. The lowest BCUT2D eigenvalue weighted by molar-refractivity contribution is 0.0761. The molecule has 0 atom stereocenters. The summed E-state index contributed by atoms with van der Waals surface area (Å²) in [6, 6.07) is 9.39. The van der Waals surface area contributed by atoms with Gasteiger partial charge in [-0.05, 0) is 42.7 Å². The molecule has 1 fully saturated rings. The lowest BCUT2D eigenvalue weighted by Gasteiger charge is -2.20. The van der Waals surface area contributed by atoms with Gasteiger partial charge in [0, 0.05) is 31.4 Å². The van der Waals surface area contributed by atoms with E-state index >= 15 is 0 Å². The summed E-state index contributed by atoms with van der Waals surface area (Å²) >= 11 is 0. The van der Waals surface area contributed by atoms with Crippen LogP contribution in [0.2, 0.25) is 0 Å². The second-order valence-corrected chi connectivity index (χ2v) is 6.68. The van der Waals surface area contributed by atoms with E-state index in [0.29, 0.717) is 29.4 Å². The summed E-state index contributed by atoms with van der Waals surface area (Å²) in [5.41, 5.74) is 1.72. The van der Waals surface area contributed by atoms with Gasteiger partial charge in [-0.1, -0.05) is 18.9 Å². The molecule has 0 radical (unpaired) electrons. The number of nitrogens with zero attached hydrogens (tertiary/aromatic N) is 2. The molecule has 0 bridgehead atoms. The topological polar surface area (TPSA) is 63.7 Å².